The van der Waals surface area contributed by atoms with Gasteiger partial charge in [0.05, 0.1) is 12.1 Å². The van der Waals surface area contributed by atoms with Gasteiger partial charge in [-0.15, -0.1) is 0 Å². The van der Waals surface area contributed by atoms with Gasteiger partial charge >= 0.3 is 0 Å². The standard InChI is InChI=1S/C16H22N2O2/c1-18(16(19)15-9-7-12(10-17)20-15)14-8-6-11-4-2-3-5-13(11)14/h2-5,12,14-15H,6-10,17H2,1H3. The predicted octanol–water partition coefficient (Wildman–Crippen LogP) is 1.64. The molecule has 0 radical (unpaired) electrons. The molecule has 1 aliphatic carbocycles. The molecule has 3 unspecified atom stereocenters. The van der Waals surface area contributed by atoms with Crippen molar-refractivity contribution >= 4 is 5.91 Å². The van der Waals surface area contributed by atoms with Crippen LogP contribution < -0.4 is 5.73 Å². The quantitative estimate of drug-likeness (QED) is 0.911. The lowest BCUT2D eigenvalue weighted by Gasteiger charge is -2.28. The molecule has 3 rings (SSSR count). The molecule has 2 aliphatic rings. The predicted molar refractivity (Wildman–Crippen MR) is 77.2 cm³/mol. The zero-order chi connectivity index (χ0) is 14.1. The molecule has 4 heteroatoms. The monoisotopic (exact) mass is 274 g/mol. The molecular formula is C16H22N2O2. The lowest BCUT2D eigenvalue weighted by molar-refractivity contribution is -0.143. The molecule has 1 fully saturated rings. The zero-order valence-corrected chi connectivity index (χ0v) is 11.9. The summed E-state index contributed by atoms with van der Waals surface area (Å²) in [4.78, 5) is 14.4. The van der Waals surface area contributed by atoms with Crippen LogP contribution in [0, 0.1) is 0 Å². The van der Waals surface area contributed by atoms with Gasteiger partial charge in [-0.05, 0) is 36.8 Å². The van der Waals surface area contributed by atoms with Crippen molar-refractivity contribution < 1.29 is 9.53 Å². The molecule has 4 nitrogen and oxygen atoms in total. The third kappa shape index (κ3) is 2.34. The summed E-state index contributed by atoms with van der Waals surface area (Å²) in [5.74, 6) is 0.0997. The van der Waals surface area contributed by atoms with Gasteiger partial charge in [0.1, 0.15) is 6.10 Å². The van der Waals surface area contributed by atoms with Gasteiger partial charge in [0.15, 0.2) is 0 Å². The Morgan fingerprint density at radius 3 is 2.90 bits per heavy atom. The van der Waals surface area contributed by atoms with Crippen molar-refractivity contribution in [3.05, 3.63) is 35.4 Å². The maximum atomic E-state index is 12.6. The maximum absolute atomic E-state index is 12.6. The Hall–Kier alpha value is -1.39. The van der Waals surface area contributed by atoms with Crippen LogP contribution in [0.3, 0.4) is 0 Å². The Labute approximate surface area is 119 Å². The molecular weight excluding hydrogens is 252 g/mol. The Kier molecular flexibility index (Phi) is 3.76. The van der Waals surface area contributed by atoms with Crippen LogP contribution in [-0.2, 0) is 16.0 Å². The summed E-state index contributed by atoms with van der Waals surface area (Å²) in [5, 5.41) is 0. The van der Waals surface area contributed by atoms with Crippen LogP contribution in [0.4, 0.5) is 0 Å². The molecule has 1 amide bonds. The Morgan fingerprint density at radius 1 is 1.35 bits per heavy atom. The van der Waals surface area contributed by atoms with Crippen molar-refractivity contribution in [1.82, 2.24) is 4.90 Å². The smallest absolute Gasteiger partial charge is 0.251 e. The normalized spacial score (nSPS) is 28.4. The summed E-state index contributed by atoms with van der Waals surface area (Å²) < 4.78 is 5.72. The number of amides is 1. The minimum atomic E-state index is -0.304. The van der Waals surface area contributed by atoms with E-state index in [1.807, 2.05) is 18.0 Å². The second-order valence-electron chi connectivity index (χ2n) is 5.76. The van der Waals surface area contributed by atoms with Crippen molar-refractivity contribution in [2.75, 3.05) is 13.6 Å². The number of carbonyl (C=O) groups excluding carboxylic acids is 1. The van der Waals surface area contributed by atoms with Gasteiger partial charge in [0, 0.05) is 13.6 Å². The molecule has 2 N–H and O–H groups in total. The number of hydrogen-bond acceptors (Lipinski definition) is 3. The fourth-order valence-corrected chi connectivity index (χ4v) is 3.38. The SMILES string of the molecule is CN(C(=O)C1CCC(CN)O1)C1CCc2ccccc21. The minimum absolute atomic E-state index is 0.0493. The van der Waals surface area contributed by atoms with E-state index in [0.717, 1.165) is 25.7 Å². The van der Waals surface area contributed by atoms with Gasteiger partial charge in [-0.2, -0.15) is 0 Å². The molecule has 108 valence electrons. The number of fused-ring (bicyclic) bond motifs is 1. The largest absolute Gasteiger partial charge is 0.364 e. The lowest BCUT2D eigenvalue weighted by atomic mass is 10.1. The van der Waals surface area contributed by atoms with Crippen molar-refractivity contribution in [3.8, 4) is 0 Å². The summed E-state index contributed by atoms with van der Waals surface area (Å²) in [6.45, 7) is 0.500. The summed E-state index contributed by atoms with van der Waals surface area (Å²) in [5.41, 5.74) is 8.26. The van der Waals surface area contributed by atoms with E-state index in [4.69, 9.17) is 10.5 Å². The number of hydrogen-bond donors (Lipinski definition) is 1. The molecule has 1 aromatic rings. The van der Waals surface area contributed by atoms with Gasteiger partial charge in [-0.3, -0.25) is 4.79 Å². The molecule has 1 aliphatic heterocycles. The van der Waals surface area contributed by atoms with E-state index >= 15 is 0 Å². The fraction of sp³-hybridized carbons (Fsp3) is 0.562. The van der Waals surface area contributed by atoms with Crippen LogP contribution in [0.5, 0.6) is 0 Å². The first kappa shape index (κ1) is 13.6. The summed E-state index contributed by atoms with van der Waals surface area (Å²) in [6.07, 6.45) is 3.49. The van der Waals surface area contributed by atoms with Crippen LogP contribution in [0.1, 0.15) is 36.4 Å². The second-order valence-corrected chi connectivity index (χ2v) is 5.76. The minimum Gasteiger partial charge on any atom is -0.364 e. The van der Waals surface area contributed by atoms with E-state index in [1.165, 1.54) is 11.1 Å². The first-order valence-corrected chi connectivity index (χ1v) is 7.40. The highest BCUT2D eigenvalue weighted by atomic mass is 16.5. The maximum Gasteiger partial charge on any atom is 0.251 e. The molecule has 0 saturated carbocycles. The van der Waals surface area contributed by atoms with E-state index in [2.05, 4.69) is 18.2 Å². The van der Waals surface area contributed by atoms with E-state index in [-0.39, 0.29) is 24.2 Å². The third-order valence-corrected chi connectivity index (χ3v) is 4.56. The van der Waals surface area contributed by atoms with Gasteiger partial charge in [-0.1, -0.05) is 24.3 Å². The van der Waals surface area contributed by atoms with Crippen molar-refractivity contribution in [2.24, 2.45) is 5.73 Å². The van der Waals surface area contributed by atoms with Crippen LogP contribution in [-0.4, -0.2) is 36.6 Å². The van der Waals surface area contributed by atoms with Crippen LogP contribution in [0.15, 0.2) is 24.3 Å². The first-order valence-electron chi connectivity index (χ1n) is 7.40. The fourth-order valence-electron chi connectivity index (χ4n) is 3.38. The van der Waals surface area contributed by atoms with Crippen LogP contribution in [0.2, 0.25) is 0 Å². The number of nitrogens with zero attached hydrogens (tertiary/aromatic N) is 1. The number of likely N-dealkylation sites (N-methyl/N-ethyl adjacent to an activating group) is 1. The first-order chi connectivity index (χ1) is 9.70. The molecule has 0 spiro atoms. The topological polar surface area (TPSA) is 55.6 Å². The van der Waals surface area contributed by atoms with E-state index in [9.17, 15) is 4.79 Å². The van der Waals surface area contributed by atoms with E-state index in [0.29, 0.717) is 6.54 Å². The van der Waals surface area contributed by atoms with Gasteiger partial charge in [0.25, 0.3) is 5.91 Å². The van der Waals surface area contributed by atoms with Gasteiger partial charge < -0.3 is 15.4 Å². The molecule has 3 atom stereocenters. The number of carbonyl (C=O) groups is 1. The number of nitrogens with two attached hydrogens (primary N) is 1. The number of ether oxygens (including phenoxy) is 1. The highest BCUT2D eigenvalue weighted by Crippen LogP contribution is 2.35. The van der Waals surface area contributed by atoms with Crippen LogP contribution in [0.25, 0.3) is 0 Å². The van der Waals surface area contributed by atoms with Crippen molar-refractivity contribution in [3.63, 3.8) is 0 Å². The second kappa shape index (κ2) is 5.54. The van der Waals surface area contributed by atoms with Crippen LogP contribution >= 0.6 is 0 Å². The van der Waals surface area contributed by atoms with Crippen molar-refractivity contribution in [1.29, 1.82) is 0 Å². The molecule has 1 heterocycles. The third-order valence-electron chi connectivity index (χ3n) is 4.56. The van der Waals surface area contributed by atoms with Gasteiger partial charge in [0.2, 0.25) is 0 Å². The lowest BCUT2D eigenvalue weighted by Crippen LogP contribution is -2.38. The molecule has 0 aromatic heterocycles. The Morgan fingerprint density at radius 2 is 2.15 bits per heavy atom. The van der Waals surface area contributed by atoms with Crippen molar-refractivity contribution in [2.45, 2.75) is 43.9 Å². The highest BCUT2D eigenvalue weighted by Gasteiger charge is 2.36. The molecule has 20 heavy (non-hydrogen) atoms. The Bertz CT molecular complexity index is 503. The molecule has 0 bridgehead atoms. The highest BCUT2D eigenvalue weighted by molar-refractivity contribution is 5.81. The number of rotatable bonds is 3. The zero-order valence-electron chi connectivity index (χ0n) is 11.9. The van der Waals surface area contributed by atoms with E-state index < -0.39 is 0 Å². The summed E-state index contributed by atoms with van der Waals surface area (Å²) in [7, 11) is 1.90. The van der Waals surface area contributed by atoms with Gasteiger partial charge in [-0.25, -0.2) is 0 Å². The average Bonchev–Trinajstić information content (AvgIpc) is 3.12. The number of benzene rings is 1. The Balaban J connectivity index is 1.71. The average molecular weight is 274 g/mol. The number of aryl methyl sites for hydroxylation is 1. The summed E-state index contributed by atoms with van der Waals surface area (Å²) in [6, 6.07) is 8.60. The van der Waals surface area contributed by atoms with E-state index in [1.54, 1.807) is 0 Å². The summed E-state index contributed by atoms with van der Waals surface area (Å²) >= 11 is 0. The molecule has 1 aromatic carbocycles. The molecule has 1 saturated heterocycles.